The van der Waals surface area contributed by atoms with Crippen molar-refractivity contribution in [2.45, 2.75) is 70.8 Å². The summed E-state index contributed by atoms with van der Waals surface area (Å²) in [4.78, 5) is 12.2. The summed E-state index contributed by atoms with van der Waals surface area (Å²) in [7, 11) is 0. The van der Waals surface area contributed by atoms with Crippen LogP contribution in [0, 0.1) is 6.92 Å². The van der Waals surface area contributed by atoms with Crippen molar-refractivity contribution >= 4 is 16.7 Å². The zero-order valence-electron chi connectivity index (χ0n) is 19.2. The van der Waals surface area contributed by atoms with E-state index in [1.807, 2.05) is 6.92 Å². The van der Waals surface area contributed by atoms with Crippen molar-refractivity contribution in [2.24, 2.45) is 0 Å². The summed E-state index contributed by atoms with van der Waals surface area (Å²) in [6.07, 6.45) is 7.55. The molecule has 0 heterocycles. The third-order valence-corrected chi connectivity index (χ3v) is 7.23. The summed E-state index contributed by atoms with van der Waals surface area (Å²) in [5.41, 5.74) is 6.28. The minimum atomic E-state index is -0.0958. The third-order valence-electron chi connectivity index (χ3n) is 7.23. The standard InChI is InChI=1S/C29H32O3/c1-3-31-28(30)17-23-14-15-25-19(2)29(32-24-10-6-7-11-24)27(18-26(23)25)22-13-12-20-8-4-5-9-21(20)16-22/h4-5,8-9,12-13,16,18,23-24H,3,6-7,10-11,14-15,17H2,1-2H3. The number of hydrogen-bond donors (Lipinski definition) is 0. The molecule has 1 fully saturated rings. The number of benzene rings is 3. The second kappa shape index (κ2) is 8.97. The zero-order valence-corrected chi connectivity index (χ0v) is 19.2. The van der Waals surface area contributed by atoms with Crippen molar-refractivity contribution in [2.75, 3.05) is 6.61 Å². The lowest BCUT2D eigenvalue weighted by molar-refractivity contribution is -0.143. The number of carbonyl (C=O) groups excluding carboxylic acids is 1. The molecular weight excluding hydrogens is 396 g/mol. The monoisotopic (exact) mass is 428 g/mol. The number of fused-ring (bicyclic) bond motifs is 2. The van der Waals surface area contributed by atoms with Gasteiger partial charge in [-0.1, -0.05) is 36.4 Å². The second-order valence-corrected chi connectivity index (χ2v) is 9.28. The smallest absolute Gasteiger partial charge is 0.306 e. The molecule has 0 radical (unpaired) electrons. The van der Waals surface area contributed by atoms with E-state index in [0.717, 1.165) is 37.0 Å². The molecule has 3 heteroatoms. The van der Waals surface area contributed by atoms with E-state index < -0.39 is 0 Å². The van der Waals surface area contributed by atoms with Gasteiger partial charge in [0.15, 0.2) is 0 Å². The van der Waals surface area contributed by atoms with E-state index in [0.29, 0.717) is 19.1 Å². The van der Waals surface area contributed by atoms with Crippen LogP contribution >= 0.6 is 0 Å². The van der Waals surface area contributed by atoms with Gasteiger partial charge >= 0.3 is 5.97 Å². The summed E-state index contributed by atoms with van der Waals surface area (Å²) < 4.78 is 12.0. The van der Waals surface area contributed by atoms with Crippen molar-refractivity contribution in [1.82, 2.24) is 0 Å². The van der Waals surface area contributed by atoms with Gasteiger partial charge in [0.1, 0.15) is 5.75 Å². The first kappa shape index (κ1) is 21.1. The van der Waals surface area contributed by atoms with Gasteiger partial charge in [0.2, 0.25) is 0 Å². The van der Waals surface area contributed by atoms with E-state index in [2.05, 4.69) is 55.5 Å². The Hall–Kier alpha value is -2.81. The van der Waals surface area contributed by atoms with Crippen molar-refractivity contribution in [3.63, 3.8) is 0 Å². The highest BCUT2D eigenvalue weighted by molar-refractivity contribution is 5.89. The molecule has 1 saturated carbocycles. The molecule has 0 aliphatic heterocycles. The second-order valence-electron chi connectivity index (χ2n) is 9.28. The molecule has 0 N–H and O–H groups in total. The Labute approximate surface area is 190 Å². The molecule has 2 aliphatic rings. The van der Waals surface area contributed by atoms with Gasteiger partial charge in [0, 0.05) is 5.56 Å². The van der Waals surface area contributed by atoms with Crippen molar-refractivity contribution in [1.29, 1.82) is 0 Å². The number of rotatable bonds is 6. The van der Waals surface area contributed by atoms with Crippen LogP contribution in [-0.4, -0.2) is 18.7 Å². The van der Waals surface area contributed by atoms with Crippen molar-refractivity contribution in [3.8, 4) is 16.9 Å². The summed E-state index contributed by atoms with van der Waals surface area (Å²) in [6, 6.07) is 17.5. The Balaban J connectivity index is 1.60. The van der Waals surface area contributed by atoms with Gasteiger partial charge in [-0.25, -0.2) is 0 Å². The summed E-state index contributed by atoms with van der Waals surface area (Å²) in [6.45, 7) is 4.52. The van der Waals surface area contributed by atoms with Crippen LogP contribution in [0.15, 0.2) is 48.5 Å². The highest BCUT2D eigenvalue weighted by atomic mass is 16.5. The fourth-order valence-electron chi connectivity index (χ4n) is 5.56. The molecule has 32 heavy (non-hydrogen) atoms. The maximum atomic E-state index is 12.2. The molecule has 0 bridgehead atoms. The molecular formula is C29H32O3. The van der Waals surface area contributed by atoms with Gasteiger partial charge in [-0.3, -0.25) is 4.79 Å². The van der Waals surface area contributed by atoms with E-state index in [9.17, 15) is 4.79 Å². The first-order chi connectivity index (χ1) is 15.6. The van der Waals surface area contributed by atoms with Crippen LogP contribution in [0.4, 0.5) is 0 Å². The molecule has 1 atom stereocenters. The van der Waals surface area contributed by atoms with Crippen LogP contribution in [0.1, 0.15) is 68.1 Å². The lowest BCUT2D eigenvalue weighted by Gasteiger charge is -2.23. The quantitative estimate of drug-likeness (QED) is 0.392. The molecule has 3 aromatic carbocycles. The van der Waals surface area contributed by atoms with E-state index >= 15 is 0 Å². The maximum absolute atomic E-state index is 12.2. The zero-order chi connectivity index (χ0) is 22.1. The third kappa shape index (κ3) is 4.01. The normalized spacial score (nSPS) is 18.1. The van der Waals surface area contributed by atoms with Crippen LogP contribution in [0.25, 0.3) is 21.9 Å². The highest BCUT2D eigenvalue weighted by Gasteiger charge is 2.30. The molecule has 0 saturated heterocycles. The Morgan fingerprint density at radius 1 is 1.00 bits per heavy atom. The topological polar surface area (TPSA) is 35.5 Å². The minimum Gasteiger partial charge on any atom is -0.489 e. The summed E-state index contributed by atoms with van der Waals surface area (Å²) >= 11 is 0. The molecule has 3 nitrogen and oxygen atoms in total. The maximum Gasteiger partial charge on any atom is 0.306 e. The first-order valence-corrected chi connectivity index (χ1v) is 12.1. The SMILES string of the molecule is CCOC(=O)CC1CCc2c1cc(-c1ccc3ccccc3c1)c(OC1CCCC1)c2C. The molecule has 0 spiro atoms. The van der Waals surface area contributed by atoms with E-state index in [1.165, 1.54) is 45.9 Å². The van der Waals surface area contributed by atoms with Crippen LogP contribution in [0.5, 0.6) is 5.75 Å². The molecule has 3 aromatic rings. The molecule has 1 unspecified atom stereocenters. The average molecular weight is 429 g/mol. The predicted octanol–water partition coefficient (Wildman–Crippen LogP) is 7.12. The van der Waals surface area contributed by atoms with E-state index in [-0.39, 0.29) is 11.9 Å². The predicted molar refractivity (Wildman–Crippen MR) is 129 cm³/mol. The van der Waals surface area contributed by atoms with Crippen molar-refractivity contribution in [3.05, 3.63) is 65.2 Å². The molecule has 0 aromatic heterocycles. The molecule has 0 amide bonds. The number of esters is 1. The Morgan fingerprint density at radius 2 is 1.78 bits per heavy atom. The lowest BCUT2D eigenvalue weighted by atomic mass is 9.90. The van der Waals surface area contributed by atoms with E-state index in [4.69, 9.17) is 9.47 Å². The fraction of sp³-hybridized carbons (Fsp3) is 0.414. The van der Waals surface area contributed by atoms with E-state index in [1.54, 1.807) is 0 Å². The van der Waals surface area contributed by atoms with Crippen molar-refractivity contribution < 1.29 is 14.3 Å². The summed E-state index contributed by atoms with van der Waals surface area (Å²) in [5.74, 6) is 1.17. The highest BCUT2D eigenvalue weighted by Crippen LogP contribution is 2.46. The Bertz CT molecular complexity index is 1140. The number of hydrogen-bond acceptors (Lipinski definition) is 3. The van der Waals surface area contributed by atoms with Gasteiger partial charge in [-0.2, -0.15) is 0 Å². The molecule has 2 aliphatic carbocycles. The van der Waals surface area contributed by atoms with Crippen LogP contribution in [-0.2, 0) is 16.0 Å². The summed E-state index contributed by atoms with van der Waals surface area (Å²) in [5, 5.41) is 2.48. The Morgan fingerprint density at radius 3 is 2.56 bits per heavy atom. The number of carbonyl (C=O) groups is 1. The van der Waals surface area contributed by atoms with Gasteiger partial charge in [-0.05, 0) is 103 Å². The molecule has 166 valence electrons. The lowest BCUT2D eigenvalue weighted by Crippen LogP contribution is -2.14. The minimum absolute atomic E-state index is 0.0958. The largest absolute Gasteiger partial charge is 0.489 e. The number of ether oxygens (including phenoxy) is 2. The van der Waals surface area contributed by atoms with Crippen LogP contribution in [0.2, 0.25) is 0 Å². The molecule has 5 rings (SSSR count). The van der Waals surface area contributed by atoms with Gasteiger partial charge in [-0.15, -0.1) is 0 Å². The van der Waals surface area contributed by atoms with Crippen LogP contribution < -0.4 is 4.74 Å². The van der Waals surface area contributed by atoms with Gasteiger partial charge in [0.25, 0.3) is 0 Å². The fourth-order valence-corrected chi connectivity index (χ4v) is 5.56. The average Bonchev–Trinajstić information content (AvgIpc) is 3.46. The Kier molecular flexibility index (Phi) is 5.91. The first-order valence-electron chi connectivity index (χ1n) is 12.1. The van der Waals surface area contributed by atoms with Gasteiger partial charge < -0.3 is 9.47 Å². The van der Waals surface area contributed by atoms with Gasteiger partial charge in [0.05, 0.1) is 19.1 Å². The van der Waals surface area contributed by atoms with Crippen LogP contribution in [0.3, 0.4) is 0 Å².